The van der Waals surface area contributed by atoms with Crippen molar-refractivity contribution in [3.05, 3.63) is 84.2 Å². The van der Waals surface area contributed by atoms with Crippen molar-refractivity contribution in [3.8, 4) is 0 Å². The second-order valence-corrected chi connectivity index (χ2v) is 7.41. The zero-order valence-electron chi connectivity index (χ0n) is 16.6. The van der Waals surface area contributed by atoms with Gasteiger partial charge in [0, 0.05) is 30.8 Å². The summed E-state index contributed by atoms with van der Waals surface area (Å²) in [4.78, 5) is 22.8. The smallest absolute Gasteiger partial charge is 0.307 e. The molecule has 8 heteroatoms. The molecule has 1 aliphatic rings. The third-order valence-electron chi connectivity index (χ3n) is 5.21. The van der Waals surface area contributed by atoms with Gasteiger partial charge < -0.3 is 19.5 Å². The van der Waals surface area contributed by atoms with E-state index in [9.17, 15) is 4.79 Å². The Kier molecular flexibility index (Phi) is 6.04. The highest BCUT2D eigenvalue weighted by molar-refractivity contribution is 7.80. The Morgan fingerprint density at radius 1 is 1.13 bits per heavy atom. The Balaban J connectivity index is 1.69. The summed E-state index contributed by atoms with van der Waals surface area (Å²) in [6, 6.07) is 15.6. The van der Waals surface area contributed by atoms with Crippen LogP contribution < -0.4 is 5.32 Å². The molecule has 1 aliphatic heterocycles. The van der Waals surface area contributed by atoms with Crippen LogP contribution in [0.25, 0.3) is 0 Å². The van der Waals surface area contributed by atoms with Gasteiger partial charge in [-0.05, 0) is 48.6 Å². The minimum Gasteiger partial charge on any atom is -0.469 e. The molecule has 0 spiro atoms. The number of nitrogens with one attached hydrogen (secondary N) is 1. The van der Waals surface area contributed by atoms with E-state index in [2.05, 4.69) is 30.8 Å². The number of methoxy groups -OCH3 is 1. The molecule has 1 N–H and O–H groups in total. The predicted octanol–water partition coefficient (Wildman–Crippen LogP) is 2.86. The van der Waals surface area contributed by atoms with E-state index in [0.29, 0.717) is 18.2 Å². The molecule has 0 saturated carbocycles. The van der Waals surface area contributed by atoms with Crippen molar-refractivity contribution in [1.29, 1.82) is 0 Å². The number of rotatable bonds is 7. The molecule has 0 unspecified atom stereocenters. The molecule has 1 saturated heterocycles. The van der Waals surface area contributed by atoms with Crippen molar-refractivity contribution in [2.75, 3.05) is 13.7 Å². The van der Waals surface area contributed by atoms with E-state index in [1.807, 2.05) is 48.7 Å². The van der Waals surface area contributed by atoms with Crippen LogP contribution in [0.5, 0.6) is 0 Å². The summed E-state index contributed by atoms with van der Waals surface area (Å²) < 4.78 is 7.00. The molecule has 0 aromatic carbocycles. The van der Waals surface area contributed by atoms with Crippen molar-refractivity contribution < 1.29 is 9.53 Å². The number of pyridine rings is 2. The first-order valence-electron chi connectivity index (χ1n) is 9.77. The number of aromatic nitrogens is 3. The van der Waals surface area contributed by atoms with Crippen LogP contribution in [0.1, 0.15) is 35.6 Å². The molecule has 0 bridgehead atoms. The van der Waals surface area contributed by atoms with E-state index in [1.54, 1.807) is 12.4 Å². The largest absolute Gasteiger partial charge is 0.469 e. The molecular formula is C22H23N5O2S. The molecule has 4 heterocycles. The maximum absolute atomic E-state index is 11.8. The third kappa shape index (κ3) is 4.18. The molecular weight excluding hydrogens is 398 g/mol. The number of carbonyl (C=O) groups excluding carboxylic acids is 1. The van der Waals surface area contributed by atoms with Crippen molar-refractivity contribution >= 4 is 23.3 Å². The minimum absolute atomic E-state index is 0.115. The average Bonchev–Trinajstić information content (AvgIpc) is 3.36. The van der Waals surface area contributed by atoms with Gasteiger partial charge in [-0.2, -0.15) is 0 Å². The molecule has 30 heavy (non-hydrogen) atoms. The van der Waals surface area contributed by atoms with Crippen LogP contribution >= 0.6 is 12.2 Å². The summed E-state index contributed by atoms with van der Waals surface area (Å²) in [7, 11) is 1.40. The van der Waals surface area contributed by atoms with E-state index in [4.69, 9.17) is 17.0 Å². The first-order chi connectivity index (χ1) is 14.7. The van der Waals surface area contributed by atoms with Crippen LogP contribution in [-0.4, -0.2) is 44.2 Å². The highest BCUT2D eigenvalue weighted by Gasteiger charge is 2.41. The average molecular weight is 422 g/mol. The summed E-state index contributed by atoms with van der Waals surface area (Å²) in [5.74, 6) is -0.262. The maximum atomic E-state index is 11.8. The van der Waals surface area contributed by atoms with E-state index in [1.165, 1.54) is 7.11 Å². The lowest BCUT2D eigenvalue weighted by Gasteiger charge is -2.28. The zero-order valence-corrected chi connectivity index (χ0v) is 17.5. The number of carbonyl (C=O) groups is 1. The summed E-state index contributed by atoms with van der Waals surface area (Å²) in [5, 5.41) is 4.01. The van der Waals surface area contributed by atoms with Gasteiger partial charge >= 0.3 is 5.97 Å². The van der Waals surface area contributed by atoms with Crippen molar-refractivity contribution in [2.45, 2.75) is 25.0 Å². The molecule has 0 aliphatic carbocycles. The quantitative estimate of drug-likeness (QED) is 0.465. The van der Waals surface area contributed by atoms with E-state index in [-0.39, 0.29) is 24.5 Å². The summed E-state index contributed by atoms with van der Waals surface area (Å²) in [6.45, 7) is 1.10. The van der Waals surface area contributed by atoms with Crippen LogP contribution in [-0.2, 0) is 16.1 Å². The number of thiocarbonyl (C=S) groups is 1. The van der Waals surface area contributed by atoms with Gasteiger partial charge in [0.15, 0.2) is 5.11 Å². The lowest BCUT2D eigenvalue weighted by atomic mass is 10.0. The molecule has 4 rings (SSSR count). The number of ether oxygens (including phenoxy) is 1. The van der Waals surface area contributed by atoms with Gasteiger partial charge in [0.05, 0.1) is 43.5 Å². The Labute approximate surface area is 180 Å². The van der Waals surface area contributed by atoms with Gasteiger partial charge in [-0.25, -0.2) is 0 Å². The number of hydrogen-bond donors (Lipinski definition) is 1. The van der Waals surface area contributed by atoms with Gasteiger partial charge in [0.25, 0.3) is 0 Å². The summed E-state index contributed by atoms with van der Waals surface area (Å²) in [6.07, 6.45) is 5.87. The zero-order chi connectivity index (χ0) is 20.9. The van der Waals surface area contributed by atoms with Crippen LogP contribution in [0.2, 0.25) is 0 Å². The Hall–Kier alpha value is -3.26. The van der Waals surface area contributed by atoms with Crippen LogP contribution in [0.15, 0.2) is 67.1 Å². The number of nitrogens with zero attached hydrogens (tertiary/aromatic N) is 4. The molecule has 0 amide bonds. The van der Waals surface area contributed by atoms with Crippen molar-refractivity contribution in [3.63, 3.8) is 0 Å². The van der Waals surface area contributed by atoms with E-state index in [0.717, 1.165) is 17.1 Å². The fraction of sp³-hybridized carbons (Fsp3) is 0.273. The summed E-state index contributed by atoms with van der Waals surface area (Å²) >= 11 is 5.64. The molecule has 3 aromatic heterocycles. The Morgan fingerprint density at radius 3 is 2.63 bits per heavy atom. The minimum atomic E-state index is -0.262. The van der Waals surface area contributed by atoms with E-state index < -0.39 is 0 Å². The maximum Gasteiger partial charge on any atom is 0.307 e. The van der Waals surface area contributed by atoms with Crippen LogP contribution in [0, 0.1) is 0 Å². The van der Waals surface area contributed by atoms with E-state index >= 15 is 0 Å². The van der Waals surface area contributed by atoms with Crippen molar-refractivity contribution in [2.24, 2.45) is 0 Å². The highest BCUT2D eigenvalue weighted by atomic mass is 32.1. The second kappa shape index (κ2) is 9.04. The van der Waals surface area contributed by atoms with Crippen LogP contribution in [0.3, 0.4) is 0 Å². The monoisotopic (exact) mass is 421 g/mol. The summed E-state index contributed by atoms with van der Waals surface area (Å²) in [5.41, 5.74) is 2.95. The molecule has 154 valence electrons. The van der Waals surface area contributed by atoms with Gasteiger partial charge in [-0.1, -0.05) is 12.1 Å². The SMILES string of the molecule is COC(=O)CCN1C(=S)N[C@H](c2ccccn2)[C@@H]1c1cccn1Cc1ccccn1. The molecule has 3 aromatic rings. The van der Waals surface area contributed by atoms with Gasteiger partial charge in [-0.15, -0.1) is 0 Å². The van der Waals surface area contributed by atoms with Gasteiger partial charge in [0.2, 0.25) is 0 Å². The van der Waals surface area contributed by atoms with Gasteiger partial charge in [-0.3, -0.25) is 14.8 Å². The fourth-order valence-corrected chi connectivity index (χ4v) is 4.12. The van der Waals surface area contributed by atoms with Crippen LogP contribution in [0.4, 0.5) is 0 Å². The lowest BCUT2D eigenvalue weighted by molar-refractivity contribution is -0.140. The standard InChI is InChI=1S/C22H23N5O2S/c1-29-19(28)10-14-27-21(20(25-22(27)30)17-8-3-5-12-24-17)18-9-6-13-26(18)15-16-7-2-4-11-23-16/h2-9,11-13,20-21H,10,14-15H2,1H3,(H,25,30)/t20-,21+/m1/s1. The highest BCUT2D eigenvalue weighted by Crippen LogP contribution is 2.38. The lowest BCUT2D eigenvalue weighted by Crippen LogP contribution is -2.32. The molecule has 2 atom stereocenters. The first kappa shape index (κ1) is 20.0. The van der Waals surface area contributed by atoms with Gasteiger partial charge in [0.1, 0.15) is 0 Å². The Bertz CT molecular complexity index is 1010. The second-order valence-electron chi connectivity index (χ2n) is 7.03. The number of esters is 1. The first-order valence-corrected chi connectivity index (χ1v) is 10.2. The van der Waals surface area contributed by atoms with Crippen molar-refractivity contribution in [1.82, 2.24) is 24.8 Å². The predicted molar refractivity (Wildman–Crippen MR) is 117 cm³/mol. The molecule has 0 radical (unpaired) electrons. The molecule has 1 fully saturated rings. The number of hydrogen-bond acceptors (Lipinski definition) is 5. The fourth-order valence-electron chi connectivity index (χ4n) is 3.79. The topological polar surface area (TPSA) is 72.3 Å². The third-order valence-corrected chi connectivity index (χ3v) is 5.56. The Morgan fingerprint density at radius 2 is 1.93 bits per heavy atom. The molecule has 7 nitrogen and oxygen atoms in total. The normalized spacial score (nSPS) is 18.3.